The standard InChI is InChI=1S/C16H16ClN3OS/c1-18-16(22)20-19-10-13-3-2-4-15(9-13)21-11-12-5-7-14(17)8-6-12/h2-10H,11H2,1H3,(H2,18,20,22). The molecule has 2 N–H and O–H groups in total. The Hall–Kier alpha value is -2.11. The predicted molar refractivity (Wildman–Crippen MR) is 94.6 cm³/mol. The van der Waals surface area contributed by atoms with Gasteiger partial charge in [0.05, 0.1) is 6.21 Å². The zero-order valence-electron chi connectivity index (χ0n) is 12.0. The molecule has 0 saturated carbocycles. The van der Waals surface area contributed by atoms with E-state index in [4.69, 9.17) is 28.6 Å². The van der Waals surface area contributed by atoms with Crippen LogP contribution in [0.15, 0.2) is 53.6 Å². The summed E-state index contributed by atoms with van der Waals surface area (Å²) in [6.45, 7) is 0.486. The molecule has 0 aliphatic carbocycles. The van der Waals surface area contributed by atoms with Crippen LogP contribution in [0.3, 0.4) is 0 Å². The van der Waals surface area contributed by atoms with Crippen molar-refractivity contribution in [3.63, 3.8) is 0 Å². The van der Waals surface area contributed by atoms with Gasteiger partial charge in [-0.3, -0.25) is 5.43 Å². The van der Waals surface area contributed by atoms with E-state index in [9.17, 15) is 0 Å². The Morgan fingerprint density at radius 1 is 1.27 bits per heavy atom. The second-order valence-corrected chi connectivity index (χ2v) is 5.28. The smallest absolute Gasteiger partial charge is 0.186 e. The highest BCUT2D eigenvalue weighted by molar-refractivity contribution is 7.80. The van der Waals surface area contributed by atoms with Gasteiger partial charge in [0.25, 0.3) is 0 Å². The number of hydrazone groups is 1. The summed E-state index contributed by atoms with van der Waals surface area (Å²) in [6, 6.07) is 15.2. The zero-order valence-corrected chi connectivity index (χ0v) is 13.6. The molecule has 4 nitrogen and oxygen atoms in total. The monoisotopic (exact) mass is 333 g/mol. The van der Waals surface area contributed by atoms with Crippen molar-refractivity contribution in [1.82, 2.24) is 10.7 Å². The van der Waals surface area contributed by atoms with Gasteiger partial charge in [-0.05, 0) is 47.6 Å². The van der Waals surface area contributed by atoms with E-state index in [0.29, 0.717) is 16.7 Å². The van der Waals surface area contributed by atoms with Crippen LogP contribution in [0.2, 0.25) is 5.02 Å². The Morgan fingerprint density at radius 3 is 2.77 bits per heavy atom. The molecule has 0 saturated heterocycles. The molecule has 114 valence electrons. The largest absolute Gasteiger partial charge is 0.489 e. The zero-order chi connectivity index (χ0) is 15.8. The lowest BCUT2D eigenvalue weighted by molar-refractivity contribution is 0.306. The van der Waals surface area contributed by atoms with Crippen LogP contribution < -0.4 is 15.5 Å². The van der Waals surface area contributed by atoms with E-state index in [-0.39, 0.29) is 0 Å². The van der Waals surface area contributed by atoms with E-state index >= 15 is 0 Å². The van der Waals surface area contributed by atoms with Gasteiger partial charge >= 0.3 is 0 Å². The molecule has 0 atom stereocenters. The Morgan fingerprint density at radius 2 is 2.05 bits per heavy atom. The van der Waals surface area contributed by atoms with Crippen molar-refractivity contribution in [2.24, 2.45) is 5.10 Å². The summed E-state index contributed by atoms with van der Waals surface area (Å²) < 4.78 is 5.76. The molecule has 2 rings (SSSR count). The minimum absolute atomic E-state index is 0.464. The molecule has 0 bridgehead atoms. The van der Waals surface area contributed by atoms with Crippen LogP contribution in [0.5, 0.6) is 5.75 Å². The van der Waals surface area contributed by atoms with Crippen LogP contribution in [-0.2, 0) is 6.61 Å². The average Bonchev–Trinajstić information content (AvgIpc) is 2.54. The number of nitrogens with zero attached hydrogens (tertiary/aromatic N) is 1. The summed E-state index contributed by atoms with van der Waals surface area (Å²) in [5.74, 6) is 0.773. The predicted octanol–water partition coefficient (Wildman–Crippen LogP) is 3.35. The fraction of sp³-hybridized carbons (Fsp3) is 0.125. The third-order valence-corrected chi connectivity index (χ3v) is 3.33. The molecule has 0 fully saturated rings. The minimum Gasteiger partial charge on any atom is -0.489 e. The number of benzene rings is 2. The number of hydrogen-bond acceptors (Lipinski definition) is 3. The second-order valence-electron chi connectivity index (χ2n) is 4.44. The molecule has 0 aliphatic heterocycles. The molecule has 0 aromatic heterocycles. The summed E-state index contributed by atoms with van der Waals surface area (Å²) in [6.07, 6.45) is 1.68. The van der Waals surface area contributed by atoms with E-state index in [1.807, 2.05) is 48.5 Å². The van der Waals surface area contributed by atoms with E-state index in [0.717, 1.165) is 16.9 Å². The molecule has 0 unspecified atom stereocenters. The van der Waals surface area contributed by atoms with Crippen LogP contribution in [0.1, 0.15) is 11.1 Å². The molecule has 0 amide bonds. The number of ether oxygens (including phenoxy) is 1. The molecule has 0 heterocycles. The molecule has 2 aromatic rings. The first-order valence-electron chi connectivity index (χ1n) is 6.65. The first-order chi connectivity index (χ1) is 10.7. The summed E-state index contributed by atoms with van der Waals surface area (Å²) in [5, 5.41) is 7.99. The van der Waals surface area contributed by atoms with Crippen LogP contribution in [0.25, 0.3) is 0 Å². The highest BCUT2D eigenvalue weighted by Crippen LogP contribution is 2.15. The Balaban J connectivity index is 1.93. The summed E-state index contributed by atoms with van der Waals surface area (Å²) in [4.78, 5) is 0. The van der Waals surface area contributed by atoms with Gasteiger partial charge in [-0.2, -0.15) is 5.10 Å². The van der Waals surface area contributed by atoms with Crippen molar-refractivity contribution < 1.29 is 4.74 Å². The SMILES string of the molecule is CNC(=S)NN=Cc1cccc(OCc2ccc(Cl)cc2)c1. The molecule has 0 radical (unpaired) electrons. The number of hydrogen-bond donors (Lipinski definition) is 2. The summed E-state index contributed by atoms with van der Waals surface area (Å²) in [5.41, 5.74) is 4.68. The molecule has 2 aromatic carbocycles. The molecule has 22 heavy (non-hydrogen) atoms. The Bertz CT molecular complexity index is 659. The topological polar surface area (TPSA) is 45.7 Å². The van der Waals surface area contributed by atoms with E-state index < -0.39 is 0 Å². The van der Waals surface area contributed by atoms with E-state index in [2.05, 4.69) is 15.8 Å². The third-order valence-electron chi connectivity index (χ3n) is 2.78. The van der Waals surface area contributed by atoms with Crippen molar-refractivity contribution in [3.8, 4) is 5.75 Å². The number of nitrogens with one attached hydrogen (secondary N) is 2. The second kappa shape index (κ2) is 8.36. The highest BCUT2D eigenvalue weighted by atomic mass is 35.5. The van der Waals surface area contributed by atoms with Gasteiger partial charge in [0.2, 0.25) is 0 Å². The van der Waals surface area contributed by atoms with Crippen molar-refractivity contribution >= 4 is 35.1 Å². The maximum atomic E-state index is 5.86. The summed E-state index contributed by atoms with van der Waals surface area (Å²) >= 11 is 10.8. The van der Waals surface area contributed by atoms with Crippen molar-refractivity contribution in [2.45, 2.75) is 6.61 Å². The molecular formula is C16H16ClN3OS. The van der Waals surface area contributed by atoms with E-state index in [1.54, 1.807) is 13.3 Å². The number of halogens is 1. The average molecular weight is 334 g/mol. The molecule has 6 heteroatoms. The Labute approximate surface area is 140 Å². The lowest BCUT2D eigenvalue weighted by atomic mass is 10.2. The van der Waals surface area contributed by atoms with Gasteiger partial charge in [0.15, 0.2) is 5.11 Å². The normalized spacial score (nSPS) is 10.5. The van der Waals surface area contributed by atoms with Gasteiger partial charge in [0, 0.05) is 12.1 Å². The molecule has 0 aliphatic rings. The first-order valence-corrected chi connectivity index (χ1v) is 7.44. The van der Waals surface area contributed by atoms with Crippen LogP contribution >= 0.6 is 23.8 Å². The minimum atomic E-state index is 0.464. The Kier molecular flexibility index (Phi) is 6.18. The van der Waals surface area contributed by atoms with Gasteiger partial charge in [-0.25, -0.2) is 0 Å². The van der Waals surface area contributed by atoms with Crippen LogP contribution in [-0.4, -0.2) is 18.4 Å². The van der Waals surface area contributed by atoms with Gasteiger partial charge in [0.1, 0.15) is 12.4 Å². The molecule has 0 spiro atoms. The molecular weight excluding hydrogens is 318 g/mol. The van der Waals surface area contributed by atoms with Crippen molar-refractivity contribution in [3.05, 3.63) is 64.7 Å². The van der Waals surface area contributed by atoms with Crippen molar-refractivity contribution in [2.75, 3.05) is 7.05 Å². The van der Waals surface area contributed by atoms with E-state index in [1.165, 1.54) is 0 Å². The maximum Gasteiger partial charge on any atom is 0.186 e. The highest BCUT2D eigenvalue weighted by Gasteiger charge is 1.98. The lowest BCUT2D eigenvalue weighted by Gasteiger charge is -2.07. The third kappa shape index (κ3) is 5.35. The lowest BCUT2D eigenvalue weighted by Crippen LogP contribution is -2.28. The first kappa shape index (κ1) is 16.3. The van der Waals surface area contributed by atoms with Crippen LogP contribution in [0, 0.1) is 0 Å². The fourth-order valence-corrected chi connectivity index (χ4v) is 1.83. The van der Waals surface area contributed by atoms with Gasteiger partial charge in [-0.1, -0.05) is 35.9 Å². The number of rotatable bonds is 5. The van der Waals surface area contributed by atoms with Crippen molar-refractivity contribution in [1.29, 1.82) is 0 Å². The van der Waals surface area contributed by atoms with Gasteiger partial charge < -0.3 is 10.1 Å². The maximum absolute atomic E-state index is 5.86. The van der Waals surface area contributed by atoms with Gasteiger partial charge in [-0.15, -0.1) is 0 Å². The quantitative estimate of drug-likeness (QED) is 0.500. The number of thiocarbonyl (C=S) groups is 1. The summed E-state index contributed by atoms with van der Waals surface area (Å²) in [7, 11) is 1.73. The fourth-order valence-electron chi connectivity index (χ4n) is 1.65. The van der Waals surface area contributed by atoms with Crippen LogP contribution in [0.4, 0.5) is 0 Å².